The number of rotatable bonds is 5. The molecule has 5 atom stereocenters. The molecule has 0 saturated carbocycles. The van der Waals surface area contributed by atoms with Crippen molar-refractivity contribution in [3.05, 3.63) is 12.7 Å². The third-order valence-electron chi connectivity index (χ3n) is 4.44. The Kier molecular flexibility index (Phi) is 3.83. The van der Waals surface area contributed by atoms with Crippen molar-refractivity contribution in [1.29, 1.82) is 0 Å². The zero-order chi connectivity index (χ0) is 17.8. The monoisotopic (exact) mass is 371 g/mol. The molecule has 2 aliphatic heterocycles. The molecule has 4 heterocycles. The van der Waals surface area contributed by atoms with E-state index in [4.69, 9.17) is 24.5 Å². The number of imidazole rings is 1. The lowest BCUT2D eigenvalue weighted by molar-refractivity contribution is -0.183. The highest BCUT2D eigenvalue weighted by Gasteiger charge is 2.63. The summed E-state index contributed by atoms with van der Waals surface area (Å²) in [7, 11) is -2.13. The third-order valence-corrected chi connectivity index (χ3v) is 5.05. The lowest BCUT2D eigenvalue weighted by atomic mass is 10.0. The molecule has 3 N–H and O–H groups in total. The van der Waals surface area contributed by atoms with Gasteiger partial charge in [0.25, 0.3) is 0 Å². The molecule has 4 rings (SSSR count). The van der Waals surface area contributed by atoms with E-state index in [0.717, 1.165) is 6.66 Å². The predicted molar refractivity (Wildman–Crippen MR) is 84.8 cm³/mol. The minimum Gasteiger partial charge on any atom is -0.382 e. The highest BCUT2D eigenvalue weighted by molar-refractivity contribution is 7.51. The first-order chi connectivity index (χ1) is 11.8. The topological polar surface area (TPSA) is 144 Å². The van der Waals surface area contributed by atoms with Crippen LogP contribution in [0, 0.1) is 0 Å². The van der Waals surface area contributed by atoms with E-state index in [1.807, 2.05) is 0 Å². The first-order valence-electron chi connectivity index (χ1n) is 7.55. The average Bonchev–Trinajstić information content (AvgIpc) is 3.22. The normalized spacial score (nSPS) is 33.8. The van der Waals surface area contributed by atoms with E-state index in [1.54, 1.807) is 10.9 Å². The Labute approximate surface area is 142 Å². The van der Waals surface area contributed by atoms with Crippen LogP contribution in [0.5, 0.6) is 0 Å². The second-order valence-electron chi connectivity index (χ2n) is 6.16. The maximum Gasteiger partial charge on any atom is 0.325 e. The van der Waals surface area contributed by atoms with Crippen LogP contribution in [0.4, 0.5) is 5.82 Å². The number of fused-ring (bicyclic) bond motifs is 3. The first kappa shape index (κ1) is 16.8. The average molecular weight is 371 g/mol. The number of methoxy groups -OCH3 is 1. The van der Waals surface area contributed by atoms with Gasteiger partial charge in [0, 0.05) is 13.8 Å². The van der Waals surface area contributed by atoms with Gasteiger partial charge in [-0.15, -0.1) is 0 Å². The van der Waals surface area contributed by atoms with Crippen LogP contribution in [0.2, 0.25) is 0 Å². The fourth-order valence-electron chi connectivity index (χ4n) is 3.35. The molecule has 11 nitrogen and oxygen atoms in total. The Morgan fingerprint density at radius 3 is 3.04 bits per heavy atom. The largest absolute Gasteiger partial charge is 0.382 e. The van der Waals surface area contributed by atoms with Crippen LogP contribution in [0.3, 0.4) is 0 Å². The minimum absolute atomic E-state index is 0.132. The molecule has 0 amide bonds. The lowest BCUT2D eigenvalue weighted by Gasteiger charge is -2.31. The Balaban J connectivity index is 1.68. The van der Waals surface area contributed by atoms with E-state index < -0.39 is 31.6 Å². The van der Waals surface area contributed by atoms with Crippen LogP contribution in [-0.4, -0.2) is 69.2 Å². The van der Waals surface area contributed by atoms with Crippen molar-refractivity contribution >= 4 is 24.6 Å². The van der Waals surface area contributed by atoms with Crippen LogP contribution in [0.15, 0.2) is 12.7 Å². The smallest absolute Gasteiger partial charge is 0.325 e. The second-order valence-corrected chi connectivity index (χ2v) is 8.03. The number of nitrogen functional groups attached to an aromatic ring is 1. The standard InChI is InChI=1S/C13H18N5O6P/c1-21-9-8-12(18-6-17-7-10(14)15-5-16-11(7)18)24-13(9,3-22-8)4-23-25(2,19)20/h5-6,8-9,12H,3-4H2,1-2H3,(H,19,20)(H2,14,15,16)/t8-,9?,12+,13-/m0/s1. The Morgan fingerprint density at radius 2 is 2.32 bits per heavy atom. The summed E-state index contributed by atoms with van der Waals surface area (Å²) in [5.41, 5.74) is 5.79. The fraction of sp³-hybridized carbons (Fsp3) is 0.615. The molecule has 25 heavy (non-hydrogen) atoms. The molecule has 2 bridgehead atoms. The van der Waals surface area contributed by atoms with Crippen LogP contribution >= 0.6 is 7.60 Å². The van der Waals surface area contributed by atoms with Crippen LogP contribution in [-0.2, 0) is 23.3 Å². The molecule has 0 aliphatic carbocycles. The Hall–Kier alpha value is -1.62. The summed E-state index contributed by atoms with van der Waals surface area (Å²) in [4.78, 5) is 21.8. The molecule has 2 aromatic heterocycles. The summed E-state index contributed by atoms with van der Waals surface area (Å²) in [5.74, 6) is 0.265. The highest BCUT2D eigenvalue weighted by Crippen LogP contribution is 2.49. The van der Waals surface area contributed by atoms with E-state index in [1.165, 1.54) is 13.4 Å². The molecule has 0 radical (unpaired) electrons. The van der Waals surface area contributed by atoms with E-state index in [0.29, 0.717) is 11.2 Å². The third kappa shape index (κ3) is 2.64. The number of nitrogens with zero attached hydrogens (tertiary/aromatic N) is 4. The van der Waals surface area contributed by atoms with Gasteiger partial charge in [-0.25, -0.2) is 15.0 Å². The maximum absolute atomic E-state index is 11.5. The maximum atomic E-state index is 11.5. The highest BCUT2D eigenvalue weighted by atomic mass is 31.2. The van der Waals surface area contributed by atoms with E-state index in [-0.39, 0.29) is 19.0 Å². The molecular formula is C13H18N5O6P. The van der Waals surface area contributed by atoms with Crippen molar-refractivity contribution in [2.75, 3.05) is 32.7 Å². The van der Waals surface area contributed by atoms with Gasteiger partial charge in [-0.2, -0.15) is 0 Å². The molecule has 2 aromatic rings. The molecule has 2 saturated heterocycles. The van der Waals surface area contributed by atoms with Gasteiger partial charge in [0.05, 0.1) is 19.5 Å². The lowest BCUT2D eigenvalue weighted by Crippen LogP contribution is -2.45. The van der Waals surface area contributed by atoms with Crippen LogP contribution in [0.25, 0.3) is 11.2 Å². The van der Waals surface area contributed by atoms with E-state index in [9.17, 15) is 9.46 Å². The zero-order valence-corrected chi connectivity index (χ0v) is 14.5. The van der Waals surface area contributed by atoms with Crippen molar-refractivity contribution in [3.8, 4) is 0 Å². The quantitative estimate of drug-likeness (QED) is 0.685. The summed E-state index contributed by atoms with van der Waals surface area (Å²) >= 11 is 0. The number of hydrogen-bond donors (Lipinski definition) is 2. The summed E-state index contributed by atoms with van der Waals surface area (Å²) in [6, 6.07) is 0. The van der Waals surface area contributed by atoms with Crippen LogP contribution < -0.4 is 5.73 Å². The summed E-state index contributed by atoms with van der Waals surface area (Å²) in [6.07, 6.45) is 1.38. The van der Waals surface area contributed by atoms with Crippen molar-refractivity contribution in [1.82, 2.24) is 19.5 Å². The molecular weight excluding hydrogens is 353 g/mol. The SMILES string of the molecule is COC1[C@@H]2OC[C@@]1(COP(C)(=O)O)O[C@H]2n1cnc2c(N)ncnc21. The molecule has 2 aliphatic rings. The van der Waals surface area contributed by atoms with E-state index >= 15 is 0 Å². The Bertz CT molecular complexity index is 855. The zero-order valence-electron chi connectivity index (χ0n) is 13.6. The first-order valence-corrected chi connectivity index (χ1v) is 9.57. The molecule has 12 heteroatoms. The van der Waals surface area contributed by atoms with Gasteiger partial charge in [0.2, 0.25) is 0 Å². The van der Waals surface area contributed by atoms with Crippen molar-refractivity contribution in [3.63, 3.8) is 0 Å². The van der Waals surface area contributed by atoms with Gasteiger partial charge in [0.1, 0.15) is 29.7 Å². The number of nitrogens with two attached hydrogens (primary N) is 1. The molecule has 2 unspecified atom stereocenters. The summed E-state index contributed by atoms with van der Waals surface area (Å²) in [6.45, 7) is 1.18. The van der Waals surface area contributed by atoms with Gasteiger partial charge in [0.15, 0.2) is 17.7 Å². The van der Waals surface area contributed by atoms with Gasteiger partial charge >= 0.3 is 7.60 Å². The van der Waals surface area contributed by atoms with Gasteiger partial charge in [-0.3, -0.25) is 9.13 Å². The number of hydrogen-bond acceptors (Lipinski definition) is 9. The minimum atomic E-state index is -3.67. The molecule has 0 spiro atoms. The number of aromatic nitrogens is 4. The number of anilines is 1. The van der Waals surface area contributed by atoms with Gasteiger partial charge in [-0.1, -0.05) is 0 Å². The van der Waals surface area contributed by atoms with Crippen molar-refractivity contribution in [2.45, 2.75) is 24.0 Å². The summed E-state index contributed by atoms with van der Waals surface area (Å²) in [5, 5.41) is 0. The van der Waals surface area contributed by atoms with E-state index in [2.05, 4.69) is 15.0 Å². The summed E-state index contributed by atoms with van der Waals surface area (Å²) < 4.78 is 35.8. The van der Waals surface area contributed by atoms with Crippen LogP contribution in [0.1, 0.15) is 6.23 Å². The second kappa shape index (κ2) is 5.70. The Morgan fingerprint density at radius 1 is 1.52 bits per heavy atom. The molecule has 136 valence electrons. The van der Waals surface area contributed by atoms with Gasteiger partial charge in [-0.05, 0) is 0 Å². The predicted octanol–water partition coefficient (Wildman–Crippen LogP) is -0.0783. The van der Waals surface area contributed by atoms with Crippen molar-refractivity contribution in [2.24, 2.45) is 0 Å². The fourth-order valence-corrected chi connectivity index (χ4v) is 3.81. The van der Waals surface area contributed by atoms with Crippen molar-refractivity contribution < 1.29 is 28.2 Å². The molecule has 2 fully saturated rings. The number of ether oxygens (including phenoxy) is 3. The van der Waals surface area contributed by atoms with Gasteiger partial charge < -0.3 is 29.4 Å². The molecule has 0 aromatic carbocycles.